The van der Waals surface area contributed by atoms with Crippen LogP contribution in [0.2, 0.25) is 5.02 Å². The molecule has 20 heavy (non-hydrogen) atoms. The summed E-state index contributed by atoms with van der Waals surface area (Å²) in [6.07, 6.45) is 5.20. The van der Waals surface area contributed by atoms with Gasteiger partial charge in [-0.15, -0.1) is 0 Å². The van der Waals surface area contributed by atoms with Crippen molar-refractivity contribution in [2.45, 2.75) is 45.2 Å². The van der Waals surface area contributed by atoms with Gasteiger partial charge in [-0.05, 0) is 40.2 Å². The van der Waals surface area contributed by atoms with Crippen LogP contribution in [0.3, 0.4) is 0 Å². The summed E-state index contributed by atoms with van der Waals surface area (Å²) in [6.45, 7) is 5.67. The summed E-state index contributed by atoms with van der Waals surface area (Å²) in [7, 11) is 1.95. The number of halogens is 1. The molecule has 0 radical (unpaired) electrons. The number of anilines is 1. The minimum absolute atomic E-state index is 0.0171. The van der Waals surface area contributed by atoms with Gasteiger partial charge >= 0.3 is 0 Å². The summed E-state index contributed by atoms with van der Waals surface area (Å²) in [5.41, 5.74) is 0.571. The quantitative estimate of drug-likeness (QED) is 0.924. The highest BCUT2D eigenvalue weighted by Gasteiger charge is 2.25. The average molecular weight is 299 g/mol. The predicted molar refractivity (Wildman–Crippen MR) is 82.8 cm³/mol. The van der Waals surface area contributed by atoms with Gasteiger partial charge in [-0.2, -0.15) is 5.10 Å². The van der Waals surface area contributed by atoms with Crippen LogP contribution < -0.4 is 15.8 Å². The van der Waals surface area contributed by atoms with E-state index in [2.05, 4.69) is 15.3 Å². The molecule has 5 nitrogen and oxygen atoms in total. The molecule has 1 fully saturated rings. The first-order chi connectivity index (χ1) is 9.56. The lowest BCUT2D eigenvalue weighted by molar-refractivity contribution is 0.443. The molecule has 0 aliphatic carbocycles. The topological polar surface area (TPSA) is 50.2 Å². The first-order valence-electron chi connectivity index (χ1n) is 7.24. The van der Waals surface area contributed by atoms with E-state index in [1.807, 2.05) is 20.9 Å². The first kappa shape index (κ1) is 15.3. The molecule has 1 unspecified atom stereocenters. The number of likely N-dealkylation sites (N-methyl/N-ethyl adjacent to an activating group) is 1. The number of rotatable bonds is 4. The Bertz CT molecular complexity index is 512. The van der Waals surface area contributed by atoms with Crippen molar-refractivity contribution in [1.82, 2.24) is 15.1 Å². The van der Waals surface area contributed by atoms with E-state index in [9.17, 15) is 4.79 Å². The monoisotopic (exact) mass is 298 g/mol. The maximum atomic E-state index is 12.3. The predicted octanol–water partition coefficient (Wildman–Crippen LogP) is 2.06. The number of aromatic nitrogens is 2. The lowest BCUT2D eigenvalue weighted by Gasteiger charge is -2.37. The molecule has 1 atom stereocenters. The van der Waals surface area contributed by atoms with Crippen molar-refractivity contribution in [3.63, 3.8) is 0 Å². The van der Waals surface area contributed by atoms with E-state index in [-0.39, 0.29) is 16.6 Å². The van der Waals surface area contributed by atoms with Crippen LogP contribution in [0.4, 0.5) is 5.69 Å². The third-order valence-electron chi connectivity index (χ3n) is 3.79. The third kappa shape index (κ3) is 2.99. The molecule has 0 amide bonds. The summed E-state index contributed by atoms with van der Waals surface area (Å²) in [6, 6.07) is 0.394. The highest BCUT2D eigenvalue weighted by atomic mass is 35.5. The zero-order chi connectivity index (χ0) is 14.7. The summed E-state index contributed by atoms with van der Waals surface area (Å²) >= 11 is 6.31. The first-order valence-corrected chi connectivity index (χ1v) is 7.62. The second-order valence-corrected chi connectivity index (χ2v) is 5.97. The number of hydrogen-bond donors (Lipinski definition) is 1. The van der Waals surface area contributed by atoms with Gasteiger partial charge in [-0.25, -0.2) is 4.68 Å². The summed E-state index contributed by atoms with van der Waals surface area (Å²) in [5, 5.41) is 7.77. The van der Waals surface area contributed by atoms with Gasteiger partial charge < -0.3 is 10.2 Å². The van der Waals surface area contributed by atoms with Crippen LogP contribution in [0, 0.1) is 0 Å². The molecule has 6 heteroatoms. The van der Waals surface area contributed by atoms with Crippen molar-refractivity contribution < 1.29 is 0 Å². The lowest BCUT2D eigenvalue weighted by atomic mass is 10.0. The number of piperidine rings is 1. The van der Waals surface area contributed by atoms with Crippen molar-refractivity contribution in [2.24, 2.45) is 0 Å². The van der Waals surface area contributed by atoms with Gasteiger partial charge in [0.05, 0.1) is 17.9 Å². The molecule has 2 heterocycles. The minimum Gasteiger partial charge on any atom is -0.365 e. The van der Waals surface area contributed by atoms with E-state index >= 15 is 0 Å². The molecule has 2 rings (SSSR count). The number of nitrogens with zero attached hydrogens (tertiary/aromatic N) is 3. The molecule has 1 aliphatic heterocycles. The Morgan fingerprint density at radius 1 is 1.50 bits per heavy atom. The van der Waals surface area contributed by atoms with E-state index < -0.39 is 0 Å². The fourth-order valence-corrected chi connectivity index (χ4v) is 3.01. The van der Waals surface area contributed by atoms with Gasteiger partial charge in [-0.1, -0.05) is 11.6 Å². The zero-order valence-corrected chi connectivity index (χ0v) is 13.2. The van der Waals surface area contributed by atoms with Crippen molar-refractivity contribution in [3.05, 3.63) is 21.6 Å². The molecule has 1 aromatic rings. The number of nitrogens with one attached hydrogen (secondary N) is 1. The smallest absolute Gasteiger partial charge is 0.287 e. The second kappa shape index (κ2) is 6.59. The van der Waals surface area contributed by atoms with E-state index in [1.165, 1.54) is 11.1 Å². The van der Waals surface area contributed by atoms with Gasteiger partial charge in [0.15, 0.2) is 0 Å². The molecule has 1 aromatic heterocycles. The summed E-state index contributed by atoms with van der Waals surface area (Å²) < 4.78 is 1.43. The molecule has 112 valence electrons. The van der Waals surface area contributed by atoms with Gasteiger partial charge in [-0.3, -0.25) is 4.79 Å². The van der Waals surface area contributed by atoms with Crippen LogP contribution in [0.1, 0.15) is 39.2 Å². The molecule has 0 bridgehead atoms. The van der Waals surface area contributed by atoms with Crippen LogP contribution in [0.25, 0.3) is 0 Å². The van der Waals surface area contributed by atoms with Gasteiger partial charge in [0.2, 0.25) is 0 Å². The maximum absolute atomic E-state index is 12.3. The van der Waals surface area contributed by atoms with E-state index in [4.69, 9.17) is 11.6 Å². The Hall–Kier alpha value is -1.07. The Labute approximate surface area is 124 Å². The van der Waals surface area contributed by atoms with E-state index in [0.29, 0.717) is 6.04 Å². The molecule has 0 aromatic carbocycles. The van der Waals surface area contributed by atoms with E-state index in [0.717, 1.165) is 31.6 Å². The Kier molecular flexibility index (Phi) is 5.05. The molecule has 1 N–H and O–H groups in total. The second-order valence-electron chi connectivity index (χ2n) is 5.59. The molecule has 1 saturated heterocycles. The molecule has 0 spiro atoms. The maximum Gasteiger partial charge on any atom is 0.287 e. The van der Waals surface area contributed by atoms with Crippen molar-refractivity contribution in [3.8, 4) is 0 Å². The standard InChI is InChI=1S/C14H23ClN4O/c1-10(2)19-14(20)13(15)12(9-17-19)18-7-5-4-6-11(18)8-16-3/h9-11,16H,4-8H2,1-3H3. The number of hydrogen-bond acceptors (Lipinski definition) is 4. The van der Waals surface area contributed by atoms with Crippen molar-refractivity contribution in [2.75, 3.05) is 25.0 Å². The molecular weight excluding hydrogens is 276 g/mol. The third-order valence-corrected chi connectivity index (χ3v) is 4.15. The van der Waals surface area contributed by atoms with Crippen LogP contribution in [-0.4, -0.2) is 36.0 Å². The van der Waals surface area contributed by atoms with Crippen LogP contribution in [0.5, 0.6) is 0 Å². The fraction of sp³-hybridized carbons (Fsp3) is 0.714. The zero-order valence-electron chi connectivity index (χ0n) is 12.4. The van der Waals surface area contributed by atoms with Crippen molar-refractivity contribution in [1.29, 1.82) is 0 Å². The summed E-state index contributed by atoms with van der Waals surface area (Å²) in [5.74, 6) is 0. The Morgan fingerprint density at radius 2 is 2.25 bits per heavy atom. The molecule has 1 aliphatic rings. The Morgan fingerprint density at radius 3 is 2.90 bits per heavy atom. The normalized spacial score (nSPS) is 19.6. The highest BCUT2D eigenvalue weighted by molar-refractivity contribution is 6.33. The van der Waals surface area contributed by atoms with Gasteiger partial charge in [0, 0.05) is 19.1 Å². The largest absolute Gasteiger partial charge is 0.365 e. The van der Waals surface area contributed by atoms with Gasteiger partial charge in [0.1, 0.15) is 5.02 Å². The van der Waals surface area contributed by atoms with E-state index in [1.54, 1.807) is 6.20 Å². The highest BCUT2D eigenvalue weighted by Crippen LogP contribution is 2.28. The summed E-state index contributed by atoms with van der Waals surface area (Å²) in [4.78, 5) is 14.5. The SMILES string of the molecule is CNCC1CCCCN1c1cnn(C(C)C)c(=O)c1Cl. The van der Waals surface area contributed by atoms with Crippen LogP contribution in [0.15, 0.2) is 11.0 Å². The van der Waals surface area contributed by atoms with Gasteiger partial charge in [0.25, 0.3) is 5.56 Å². The molecular formula is C14H23ClN4O. The lowest BCUT2D eigenvalue weighted by Crippen LogP contribution is -2.46. The van der Waals surface area contributed by atoms with Crippen LogP contribution in [-0.2, 0) is 0 Å². The van der Waals surface area contributed by atoms with Crippen LogP contribution >= 0.6 is 11.6 Å². The van der Waals surface area contributed by atoms with Crippen molar-refractivity contribution >= 4 is 17.3 Å². The minimum atomic E-state index is -0.201. The Balaban J connectivity index is 2.36. The molecule has 0 saturated carbocycles. The average Bonchev–Trinajstić information content (AvgIpc) is 2.43. The fourth-order valence-electron chi connectivity index (χ4n) is 2.77.